The average molecular weight is 312 g/mol. The number of halogens is 1. The minimum atomic E-state index is 0.583. The summed E-state index contributed by atoms with van der Waals surface area (Å²) in [5, 5.41) is 0.875. The van der Waals surface area contributed by atoms with Crippen LogP contribution in [0.5, 0.6) is 0 Å². The van der Waals surface area contributed by atoms with Gasteiger partial charge in [-0.2, -0.15) is 0 Å². The second kappa shape index (κ2) is 6.53. The van der Waals surface area contributed by atoms with Crippen LogP contribution >= 0.6 is 15.9 Å². The summed E-state index contributed by atoms with van der Waals surface area (Å²) in [6.07, 6.45) is 4.37. The summed E-state index contributed by atoms with van der Waals surface area (Å²) >= 11 is 3.46. The first-order valence-electron chi connectivity index (χ1n) is 6.70. The molecule has 0 amide bonds. The van der Waals surface area contributed by atoms with E-state index in [9.17, 15) is 0 Å². The predicted octanol–water partition coefficient (Wildman–Crippen LogP) is 2.90. The molecule has 0 aromatic carbocycles. The molecule has 0 N–H and O–H groups in total. The zero-order valence-electron chi connectivity index (χ0n) is 11.3. The van der Waals surface area contributed by atoms with Gasteiger partial charge >= 0.3 is 0 Å². The predicted molar refractivity (Wildman–Crippen MR) is 80.4 cm³/mol. The molecule has 0 spiro atoms. The van der Waals surface area contributed by atoms with E-state index < -0.39 is 0 Å². The van der Waals surface area contributed by atoms with Crippen molar-refractivity contribution in [3.05, 3.63) is 23.9 Å². The average Bonchev–Trinajstić information content (AvgIpc) is 2.60. The minimum absolute atomic E-state index is 0.583. The SMILES string of the molecule is CCC1CN(C)CCCN1c1ccc(CBr)cn1. The lowest BCUT2D eigenvalue weighted by Gasteiger charge is -2.31. The van der Waals surface area contributed by atoms with E-state index >= 15 is 0 Å². The number of hydrogen-bond donors (Lipinski definition) is 0. The lowest BCUT2D eigenvalue weighted by Crippen LogP contribution is -2.40. The largest absolute Gasteiger partial charge is 0.352 e. The first-order valence-corrected chi connectivity index (χ1v) is 7.82. The van der Waals surface area contributed by atoms with Gasteiger partial charge in [-0.3, -0.25) is 0 Å². The van der Waals surface area contributed by atoms with Crippen LogP contribution in [0.15, 0.2) is 18.3 Å². The summed E-state index contributed by atoms with van der Waals surface area (Å²) in [7, 11) is 2.22. The molecule has 1 atom stereocenters. The number of alkyl halides is 1. The van der Waals surface area contributed by atoms with Crippen LogP contribution in [0.1, 0.15) is 25.3 Å². The van der Waals surface area contributed by atoms with E-state index in [1.807, 2.05) is 6.20 Å². The molecule has 0 bridgehead atoms. The Morgan fingerprint density at radius 2 is 2.22 bits per heavy atom. The summed E-state index contributed by atoms with van der Waals surface area (Å²) in [5.41, 5.74) is 1.23. The number of likely N-dealkylation sites (N-methyl/N-ethyl adjacent to an activating group) is 1. The Kier molecular flexibility index (Phi) is 5.01. The molecular formula is C14H22BrN3. The van der Waals surface area contributed by atoms with Gasteiger partial charge in [0.1, 0.15) is 5.82 Å². The molecule has 1 aliphatic heterocycles. The molecule has 4 heteroatoms. The maximum Gasteiger partial charge on any atom is 0.128 e. The quantitative estimate of drug-likeness (QED) is 0.800. The highest BCUT2D eigenvalue weighted by Crippen LogP contribution is 2.20. The first kappa shape index (κ1) is 13.8. The Balaban J connectivity index is 2.17. The van der Waals surface area contributed by atoms with Gasteiger partial charge in [-0.05, 0) is 38.1 Å². The Bertz CT molecular complexity index is 366. The minimum Gasteiger partial charge on any atom is -0.352 e. The molecule has 1 aromatic heterocycles. The number of rotatable bonds is 3. The normalized spacial score (nSPS) is 21.9. The zero-order chi connectivity index (χ0) is 13.0. The van der Waals surface area contributed by atoms with E-state index in [2.05, 4.69) is 56.8 Å². The molecule has 1 saturated heterocycles. The van der Waals surface area contributed by atoms with Gasteiger partial charge in [-0.25, -0.2) is 4.98 Å². The molecule has 2 heterocycles. The molecule has 3 nitrogen and oxygen atoms in total. The van der Waals surface area contributed by atoms with Gasteiger partial charge in [-0.15, -0.1) is 0 Å². The molecule has 0 saturated carbocycles. The van der Waals surface area contributed by atoms with E-state index in [1.165, 1.54) is 24.9 Å². The van der Waals surface area contributed by atoms with Gasteiger partial charge in [0.15, 0.2) is 0 Å². The maximum atomic E-state index is 4.62. The van der Waals surface area contributed by atoms with Crippen LogP contribution in [0.2, 0.25) is 0 Å². The van der Waals surface area contributed by atoms with Crippen LogP contribution in [-0.4, -0.2) is 42.6 Å². The van der Waals surface area contributed by atoms with E-state index in [0.717, 1.165) is 24.2 Å². The highest BCUT2D eigenvalue weighted by Gasteiger charge is 2.22. The van der Waals surface area contributed by atoms with Crippen LogP contribution < -0.4 is 4.90 Å². The maximum absolute atomic E-state index is 4.62. The fourth-order valence-electron chi connectivity index (χ4n) is 2.56. The molecule has 1 aromatic rings. The van der Waals surface area contributed by atoms with Gasteiger partial charge in [-0.1, -0.05) is 28.9 Å². The van der Waals surface area contributed by atoms with Gasteiger partial charge < -0.3 is 9.80 Å². The Hall–Kier alpha value is -0.610. The third-order valence-corrected chi connectivity index (χ3v) is 4.28. The van der Waals surface area contributed by atoms with E-state index in [0.29, 0.717) is 6.04 Å². The second-order valence-electron chi connectivity index (χ2n) is 5.03. The second-order valence-corrected chi connectivity index (χ2v) is 5.59. The Labute approximate surface area is 118 Å². The molecule has 18 heavy (non-hydrogen) atoms. The standard InChI is InChI=1S/C14H22BrN3/c1-3-13-11-17(2)7-4-8-18(13)14-6-5-12(9-15)10-16-14/h5-6,10,13H,3-4,7-9,11H2,1-2H3. The fraction of sp³-hybridized carbons (Fsp3) is 0.643. The third-order valence-electron chi connectivity index (χ3n) is 3.63. The molecule has 2 rings (SSSR count). The third kappa shape index (κ3) is 3.23. The zero-order valence-corrected chi connectivity index (χ0v) is 12.9. The van der Waals surface area contributed by atoms with Gasteiger partial charge in [0.25, 0.3) is 0 Å². The van der Waals surface area contributed by atoms with Crippen molar-refractivity contribution in [3.63, 3.8) is 0 Å². The van der Waals surface area contributed by atoms with Crippen LogP contribution in [0.3, 0.4) is 0 Å². The Morgan fingerprint density at radius 3 is 2.83 bits per heavy atom. The van der Waals surface area contributed by atoms with Crippen molar-refractivity contribution in [2.75, 3.05) is 31.6 Å². The molecule has 0 aliphatic carbocycles. The van der Waals surface area contributed by atoms with Crippen molar-refractivity contribution in [3.8, 4) is 0 Å². The number of aromatic nitrogens is 1. The lowest BCUT2D eigenvalue weighted by molar-refractivity contribution is 0.327. The number of pyridine rings is 1. The van der Waals surface area contributed by atoms with Gasteiger partial charge in [0, 0.05) is 30.7 Å². The lowest BCUT2D eigenvalue weighted by atomic mass is 10.2. The highest BCUT2D eigenvalue weighted by atomic mass is 79.9. The molecule has 1 fully saturated rings. The van der Waals surface area contributed by atoms with Crippen molar-refractivity contribution in [2.24, 2.45) is 0 Å². The highest BCUT2D eigenvalue weighted by molar-refractivity contribution is 9.08. The summed E-state index contributed by atoms with van der Waals surface area (Å²) in [4.78, 5) is 9.52. The molecule has 1 aliphatic rings. The molecule has 0 radical (unpaired) electrons. The van der Waals surface area contributed by atoms with Crippen molar-refractivity contribution < 1.29 is 0 Å². The van der Waals surface area contributed by atoms with E-state index in [-0.39, 0.29) is 0 Å². The Morgan fingerprint density at radius 1 is 1.39 bits per heavy atom. The molecule has 1 unspecified atom stereocenters. The summed E-state index contributed by atoms with van der Waals surface area (Å²) < 4.78 is 0. The first-order chi connectivity index (χ1) is 8.74. The van der Waals surface area contributed by atoms with Crippen LogP contribution in [-0.2, 0) is 5.33 Å². The van der Waals surface area contributed by atoms with Crippen molar-refractivity contribution in [1.29, 1.82) is 0 Å². The van der Waals surface area contributed by atoms with Crippen molar-refractivity contribution >= 4 is 21.7 Å². The van der Waals surface area contributed by atoms with Crippen molar-refractivity contribution in [1.82, 2.24) is 9.88 Å². The monoisotopic (exact) mass is 311 g/mol. The van der Waals surface area contributed by atoms with Crippen molar-refractivity contribution in [2.45, 2.75) is 31.1 Å². The van der Waals surface area contributed by atoms with E-state index in [1.54, 1.807) is 0 Å². The molecule has 100 valence electrons. The van der Waals surface area contributed by atoms with Crippen LogP contribution in [0.25, 0.3) is 0 Å². The summed E-state index contributed by atoms with van der Waals surface area (Å²) in [6.45, 7) is 5.71. The number of nitrogens with zero attached hydrogens (tertiary/aromatic N) is 3. The summed E-state index contributed by atoms with van der Waals surface area (Å²) in [5.74, 6) is 1.13. The number of anilines is 1. The van der Waals surface area contributed by atoms with Gasteiger partial charge in [0.2, 0.25) is 0 Å². The van der Waals surface area contributed by atoms with Crippen LogP contribution in [0.4, 0.5) is 5.82 Å². The fourth-order valence-corrected chi connectivity index (χ4v) is 2.89. The smallest absolute Gasteiger partial charge is 0.128 e. The van der Waals surface area contributed by atoms with E-state index in [4.69, 9.17) is 0 Å². The number of hydrogen-bond acceptors (Lipinski definition) is 3. The summed E-state index contributed by atoms with van der Waals surface area (Å²) in [6, 6.07) is 4.91. The van der Waals surface area contributed by atoms with Crippen LogP contribution in [0, 0.1) is 0 Å². The van der Waals surface area contributed by atoms with Gasteiger partial charge in [0.05, 0.1) is 0 Å². The topological polar surface area (TPSA) is 19.4 Å². The molecular weight excluding hydrogens is 290 g/mol.